The quantitative estimate of drug-likeness (QED) is 0.784. The first-order valence-corrected chi connectivity index (χ1v) is 4.56. The van der Waals surface area contributed by atoms with E-state index in [-0.39, 0.29) is 12.1 Å². The Kier molecular flexibility index (Phi) is 3.17. The van der Waals surface area contributed by atoms with Crippen LogP contribution in [-0.2, 0) is 0 Å². The lowest BCUT2D eigenvalue weighted by Crippen LogP contribution is -2.34. The minimum Gasteiger partial charge on any atom is -0.394 e. The van der Waals surface area contributed by atoms with Crippen LogP contribution in [0.25, 0.3) is 0 Å². The molecule has 0 fully saturated rings. The van der Waals surface area contributed by atoms with Crippen molar-refractivity contribution < 1.29 is 5.11 Å². The fourth-order valence-corrected chi connectivity index (χ4v) is 1.09. The first-order chi connectivity index (χ1) is 6.03. The molecule has 13 heavy (non-hydrogen) atoms. The van der Waals surface area contributed by atoms with E-state index < -0.39 is 0 Å². The maximum absolute atomic E-state index is 9.02. The van der Waals surface area contributed by atoms with Crippen molar-refractivity contribution in [1.29, 1.82) is 0 Å². The molecule has 0 spiro atoms. The van der Waals surface area contributed by atoms with E-state index in [4.69, 9.17) is 16.7 Å². The van der Waals surface area contributed by atoms with Crippen LogP contribution in [0.1, 0.15) is 13.8 Å². The third-order valence-corrected chi connectivity index (χ3v) is 1.97. The van der Waals surface area contributed by atoms with Gasteiger partial charge >= 0.3 is 0 Å². The number of halogens is 1. The Bertz CT molecular complexity index is 269. The van der Waals surface area contributed by atoms with E-state index in [1.807, 2.05) is 38.1 Å². The fraction of sp³-hybridized carbons (Fsp3) is 0.400. The summed E-state index contributed by atoms with van der Waals surface area (Å²) in [5.74, 6) is 0. The first kappa shape index (κ1) is 10.4. The highest BCUT2D eigenvalue weighted by molar-refractivity contribution is 6.30. The SMILES string of the molecule is CC(C)(CO)Nc1ccc(Cl)cc1. The molecule has 0 atom stereocenters. The van der Waals surface area contributed by atoms with Crippen molar-refractivity contribution in [3.63, 3.8) is 0 Å². The van der Waals surface area contributed by atoms with E-state index in [9.17, 15) is 0 Å². The highest BCUT2D eigenvalue weighted by Crippen LogP contribution is 2.17. The van der Waals surface area contributed by atoms with E-state index in [1.165, 1.54) is 0 Å². The monoisotopic (exact) mass is 199 g/mol. The van der Waals surface area contributed by atoms with E-state index in [2.05, 4.69) is 5.32 Å². The van der Waals surface area contributed by atoms with Crippen LogP contribution in [0.3, 0.4) is 0 Å². The normalized spacial score (nSPS) is 11.4. The van der Waals surface area contributed by atoms with Gasteiger partial charge in [0.1, 0.15) is 0 Å². The van der Waals surface area contributed by atoms with Gasteiger partial charge in [-0.2, -0.15) is 0 Å². The topological polar surface area (TPSA) is 32.3 Å². The number of aliphatic hydroxyl groups excluding tert-OH is 1. The van der Waals surface area contributed by atoms with Gasteiger partial charge in [-0.1, -0.05) is 11.6 Å². The molecule has 3 heteroatoms. The third kappa shape index (κ3) is 3.25. The average Bonchev–Trinajstić information content (AvgIpc) is 2.09. The summed E-state index contributed by atoms with van der Waals surface area (Å²) >= 11 is 5.74. The summed E-state index contributed by atoms with van der Waals surface area (Å²) in [6.45, 7) is 3.96. The van der Waals surface area contributed by atoms with Crippen LogP contribution in [0, 0.1) is 0 Å². The van der Waals surface area contributed by atoms with Crippen molar-refractivity contribution in [3.8, 4) is 0 Å². The predicted molar refractivity (Wildman–Crippen MR) is 56.2 cm³/mol. The van der Waals surface area contributed by atoms with Crippen molar-refractivity contribution in [1.82, 2.24) is 0 Å². The lowest BCUT2D eigenvalue weighted by molar-refractivity contribution is 0.234. The summed E-state index contributed by atoms with van der Waals surface area (Å²) in [5.41, 5.74) is 0.664. The number of anilines is 1. The minimum absolute atomic E-state index is 0.0929. The highest BCUT2D eigenvalue weighted by Gasteiger charge is 2.14. The molecular weight excluding hydrogens is 186 g/mol. The molecule has 1 aromatic rings. The van der Waals surface area contributed by atoms with Gasteiger partial charge in [-0.3, -0.25) is 0 Å². The largest absolute Gasteiger partial charge is 0.394 e. The molecule has 0 aliphatic heterocycles. The van der Waals surface area contributed by atoms with Gasteiger partial charge in [-0.15, -0.1) is 0 Å². The van der Waals surface area contributed by atoms with Crippen LogP contribution in [0.15, 0.2) is 24.3 Å². The molecule has 0 radical (unpaired) electrons. The van der Waals surface area contributed by atoms with Crippen molar-refractivity contribution in [2.75, 3.05) is 11.9 Å². The van der Waals surface area contributed by atoms with E-state index >= 15 is 0 Å². The molecule has 0 aliphatic carbocycles. The maximum atomic E-state index is 9.02. The molecule has 0 aliphatic rings. The van der Waals surface area contributed by atoms with Crippen molar-refractivity contribution in [2.45, 2.75) is 19.4 Å². The minimum atomic E-state index is -0.298. The van der Waals surface area contributed by atoms with Crippen LogP contribution in [0.5, 0.6) is 0 Å². The summed E-state index contributed by atoms with van der Waals surface area (Å²) in [6, 6.07) is 7.41. The van der Waals surface area contributed by atoms with Crippen molar-refractivity contribution in [3.05, 3.63) is 29.3 Å². The second kappa shape index (κ2) is 3.99. The highest BCUT2D eigenvalue weighted by atomic mass is 35.5. The van der Waals surface area contributed by atoms with Crippen LogP contribution < -0.4 is 5.32 Å². The third-order valence-electron chi connectivity index (χ3n) is 1.72. The van der Waals surface area contributed by atoms with Crippen LogP contribution in [0.2, 0.25) is 5.02 Å². The number of hydrogen-bond acceptors (Lipinski definition) is 2. The van der Waals surface area contributed by atoms with Crippen LogP contribution >= 0.6 is 11.6 Å². The fourth-order valence-electron chi connectivity index (χ4n) is 0.963. The van der Waals surface area contributed by atoms with Crippen molar-refractivity contribution in [2.24, 2.45) is 0 Å². The second-order valence-electron chi connectivity index (χ2n) is 3.67. The zero-order valence-corrected chi connectivity index (χ0v) is 8.60. The lowest BCUT2D eigenvalue weighted by Gasteiger charge is -2.24. The van der Waals surface area contributed by atoms with Gasteiger partial charge in [0, 0.05) is 10.7 Å². The van der Waals surface area contributed by atoms with E-state index in [1.54, 1.807) is 0 Å². The zero-order chi connectivity index (χ0) is 9.90. The molecule has 0 saturated carbocycles. The number of rotatable bonds is 3. The van der Waals surface area contributed by atoms with Gasteiger partial charge in [0.15, 0.2) is 0 Å². The van der Waals surface area contributed by atoms with Gasteiger partial charge in [-0.05, 0) is 38.1 Å². The Balaban J connectivity index is 2.69. The molecule has 0 bridgehead atoms. The zero-order valence-electron chi connectivity index (χ0n) is 7.84. The standard InChI is InChI=1S/C10H14ClNO/c1-10(2,7-13)12-9-5-3-8(11)4-6-9/h3-6,12-13H,7H2,1-2H3. The Labute approximate surface area is 83.5 Å². The smallest absolute Gasteiger partial charge is 0.0656 e. The molecule has 1 aromatic carbocycles. The average molecular weight is 200 g/mol. The summed E-state index contributed by atoms with van der Waals surface area (Å²) < 4.78 is 0. The molecule has 0 aromatic heterocycles. The van der Waals surface area contributed by atoms with E-state index in [0.717, 1.165) is 5.69 Å². The number of hydrogen-bond donors (Lipinski definition) is 2. The second-order valence-corrected chi connectivity index (χ2v) is 4.11. The van der Waals surface area contributed by atoms with Crippen LogP contribution in [-0.4, -0.2) is 17.3 Å². The van der Waals surface area contributed by atoms with Crippen molar-refractivity contribution >= 4 is 17.3 Å². The molecule has 0 amide bonds. The van der Waals surface area contributed by atoms with Gasteiger partial charge in [0.05, 0.1) is 12.1 Å². The molecule has 1 rings (SSSR count). The molecule has 0 unspecified atom stereocenters. The number of benzene rings is 1. The lowest BCUT2D eigenvalue weighted by atomic mass is 10.1. The summed E-state index contributed by atoms with van der Waals surface area (Å²) in [4.78, 5) is 0. The molecular formula is C10H14ClNO. The Morgan fingerprint density at radius 2 is 1.85 bits per heavy atom. The van der Waals surface area contributed by atoms with Crippen LogP contribution in [0.4, 0.5) is 5.69 Å². The molecule has 72 valence electrons. The molecule has 2 nitrogen and oxygen atoms in total. The van der Waals surface area contributed by atoms with Gasteiger partial charge in [-0.25, -0.2) is 0 Å². The molecule has 2 N–H and O–H groups in total. The Hall–Kier alpha value is -0.730. The predicted octanol–water partition coefficient (Wildman–Crippen LogP) is 2.52. The summed E-state index contributed by atoms with van der Waals surface area (Å²) in [5, 5.41) is 12.9. The maximum Gasteiger partial charge on any atom is 0.0656 e. The Morgan fingerprint density at radius 1 is 1.31 bits per heavy atom. The van der Waals surface area contributed by atoms with Gasteiger partial charge < -0.3 is 10.4 Å². The van der Waals surface area contributed by atoms with E-state index in [0.29, 0.717) is 5.02 Å². The summed E-state index contributed by atoms with van der Waals surface area (Å²) in [6.07, 6.45) is 0. The van der Waals surface area contributed by atoms with Gasteiger partial charge in [0.25, 0.3) is 0 Å². The van der Waals surface area contributed by atoms with Gasteiger partial charge in [0.2, 0.25) is 0 Å². The first-order valence-electron chi connectivity index (χ1n) is 4.18. The number of aliphatic hydroxyl groups is 1. The Morgan fingerprint density at radius 3 is 2.31 bits per heavy atom. The number of nitrogens with one attached hydrogen (secondary N) is 1. The molecule has 0 saturated heterocycles. The summed E-state index contributed by atoms with van der Waals surface area (Å²) in [7, 11) is 0. The molecule has 0 heterocycles.